The van der Waals surface area contributed by atoms with Crippen molar-refractivity contribution in [3.63, 3.8) is 0 Å². The van der Waals surface area contributed by atoms with Crippen LogP contribution in [0.5, 0.6) is 17.2 Å². The molecule has 6 heteroatoms. The van der Waals surface area contributed by atoms with E-state index in [2.05, 4.69) is 0 Å². The molecule has 5 nitrogen and oxygen atoms in total. The lowest BCUT2D eigenvalue weighted by molar-refractivity contribution is 0.104. The smallest absolute Gasteiger partial charge is 0.208 e. The van der Waals surface area contributed by atoms with Gasteiger partial charge in [0.15, 0.2) is 0 Å². The average molecular weight is 348 g/mol. The Morgan fingerprint density at radius 1 is 1.00 bits per heavy atom. The van der Waals surface area contributed by atoms with Crippen molar-refractivity contribution in [2.75, 3.05) is 27.1 Å². The number of nitrogens with two attached hydrogens (primary N) is 1. The van der Waals surface area contributed by atoms with E-state index in [1.807, 2.05) is 0 Å². The minimum absolute atomic E-state index is 0.0334. The molecule has 0 aliphatic carbocycles. The Kier molecular flexibility index (Phi) is 5.71. The third kappa shape index (κ3) is 3.81. The lowest BCUT2D eigenvalue weighted by Crippen LogP contribution is -2.03. The van der Waals surface area contributed by atoms with Gasteiger partial charge < -0.3 is 19.9 Å². The first-order chi connectivity index (χ1) is 11.5. The molecule has 0 amide bonds. The number of carbonyl (C=O) groups excluding carboxylic acids is 1. The number of rotatable bonds is 6. The van der Waals surface area contributed by atoms with Crippen LogP contribution in [0.3, 0.4) is 0 Å². The van der Waals surface area contributed by atoms with Crippen LogP contribution in [-0.2, 0) is 0 Å². The van der Waals surface area contributed by atoms with E-state index in [1.165, 1.54) is 21.3 Å². The number of benzene rings is 2. The van der Waals surface area contributed by atoms with Gasteiger partial charge in [-0.25, -0.2) is 0 Å². The Bertz CT molecular complexity index is 787. The summed E-state index contributed by atoms with van der Waals surface area (Å²) in [5.41, 5.74) is 7.33. The number of Topliss-reactive ketones (excluding diaryl/α,β-unsaturated/α-hetero) is 1. The normalized spacial score (nSPS) is 11.1. The van der Waals surface area contributed by atoms with Crippen molar-refractivity contribution in [3.8, 4) is 17.2 Å². The lowest BCUT2D eigenvalue weighted by atomic mass is 10.1. The first-order valence-electron chi connectivity index (χ1n) is 7.07. The topological polar surface area (TPSA) is 70.8 Å². The summed E-state index contributed by atoms with van der Waals surface area (Å²) in [7, 11) is 4.54. The third-order valence-corrected chi connectivity index (χ3v) is 3.70. The highest BCUT2D eigenvalue weighted by atomic mass is 35.5. The SMILES string of the molecule is COc1ccc(OC)c(C(=O)C(Cl)=Cc2ccc(OC)c(N)c2)c1. The predicted octanol–water partition coefficient (Wildman–Crippen LogP) is 3.76. The second kappa shape index (κ2) is 7.75. The number of hydrogen-bond acceptors (Lipinski definition) is 5. The number of ether oxygens (including phenoxy) is 3. The molecule has 0 saturated heterocycles. The van der Waals surface area contributed by atoms with Crippen molar-refractivity contribution >= 4 is 29.1 Å². The number of ketones is 1. The number of carbonyl (C=O) groups is 1. The molecule has 0 atom stereocenters. The molecule has 0 aliphatic rings. The van der Waals surface area contributed by atoms with Gasteiger partial charge in [-0.1, -0.05) is 17.7 Å². The number of allylic oxidation sites excluding steroid dienone is 1. The highest BCUT2D eigenvalue weighted by molar-refractivity contribution is 6.47. The molecule has 0 aromatic heterocycles. The summed E-state index contributed by atoms with van der Waals surface area (Å²) in [4.78, 5) is 12.6. The minimum atomic E-state index is -0.373. The van der Waals surface area contributed by atoms with E-state index in [4.69, 9.17) is 31.5 Å². The molecule has 0 heterocycles. The maximum absolute atomic E-state index is 12.6. The van der Waals surface area contributed by atoms with Gasteiger partial charge in [0, 0.05) is 0 Å². The number of halogens is 1. The highest BCUT2D eigenvalue weighted by Crippen LogP contribution is 2.29. The van der Waals surface area contributed by atoms with Crippen LogP contribution in [0.4, 0.5) is 5.69 Å². The van der Waals surface area contributed by atoms with Crippen molar-refractivity contribution in [2.45, 2.75) is 0 Å². The van der Waals surface area contributed by atoms with Crippen molar-refractivity contribution in [2.24, 2.45) is 0 Å². The first kappa shape index (κ1) is 17.7. The van der Waals surface area contributed by atoms with Gasteiger partial charge >= 0.3 is 0 Å². The van der Waals surface area contributed by atoms with Gasteiger partial charge in [-0.05, 0) is 42.0 Å². The third-order valence-electron chi connectivity index (χ3n) is 3.42. The number of hydrogen-bond donors (Lipinski definition) is 1. The molecule has 0 bridgehead atoms. The summed E-state index contributed by atoms with van der Waals surface area (Å²) in [6.45, 7) is 0. The van der Waals surface area contributed by atoms with Crippen LogP contribution < -0.4 is 19.9 Å². The zero-order valence-electron chi connectivity index (χ0n) is 13.6. The Hall–Kier alpha value is -2.66. The van der Waals surface area contributed by atoms with Gasteiger partial charge in [0.25, 0.3) is 0 Å². The van der Waals surface area contributed by atoms with Crippen molar-refractivity contribution < 1.29 is 19.0 Å². The van der Waals surface area contributed by atoms with Gasteiger partial charge in [-0.3, -0.25) is 4.79 Å². The molecular weight excluding hydrogens is 330 g/mol. The Balaban J connectivity index is 2.37. The summed E-state index contributed by atoms with van der Waals surface area (Å²) >= 11 is 6.19. The van der Waals surface area contributed by atoms with Crippen LogP contribution >= 0.6 is 11.6 Å². The zero-order chi connectivity index (χ0) is 17.7. The van der Waals surface area contributed by atoms with Crippen molar-refractivity contribution in [3.05, 3.63) is 52.6 Å². The molecule has 0 unspecified atom stereocenters. The van der Waals surface area contributed by atoms with Gasteiger partial charge in [-0.15, -0.1) is 0 Å². The van der Waals surface area contributed by atoms with E-state index in [0.29, 0.717) is 34.1 Å². The summed E-state index contributed by atoms with van der Waals surface area (Å²) in [5, 5.41) is 0.0334. The number of methoxy groups -OCH3 is 3. The molecule has 2 aromatic rings. The Labute approximate surface area is 145 Å². The van der Waals surface area contributed by atoms with Gasteiger partial charge in [0.2, 0.25) is 5.78 Å². The summed E-state index contributed by atoms with van der Waals surface area (Å²) < 4.78 is 15.5. The molecule has 2 aromatic carbocycles. The van der Waals surface area contributed by atoms with Crippen LogP contribution in [0.25, 0.3) is 6.08 Å². The molecule has 0 spiro atoms. The monoisotopic (exact) mass is 347 g/mol. The fourth-order valence-electron chi connectivity index (χ4n) is 2.17. The number of anilines is 1. The maximum Gasteiger partial charge on any atom is 0.208 e. The second-order valence-electron chi connectivity index (χ2n) is 4.89. The van der Waals surface area contributed by atoms with E-state index < -0.39 is 0 Å². The minimum Gasteiger partial charge on any atom is -0.497 e. The standard InChI is InChI=1S/C18H18ClNO4/c1-22-12-5-7-16(23-2)13(10-12)18(21)14(19)8-11-4-6-17(24-3)15(20)9-11/h4-10H,20H2,1-3H3. The van der Waals surface area contributed by atoms with Crippen LogP contribution in [-0.4, -0.2) is 27.1 Å². The fourth-order valence-corrected chi connectivity index (χ4v) is 2.40. The molecular formula is C18H18ClNO4. The van der Waals surface area contributed by atoms with E-state index in [9.17, 15) is 4.79 Å². The average Bonchev–Trinajstić information content (AvgIpc) is 2.60. The quantitative estimate of drug-likeness (QED) is 0.489. The molecule has 24 heavy (non-hydrogen) atoms. The van der Waals surface area contributed by atoms with Crippen molar-refractivity contribution in [1.82, 2.24) is 0 Å². The van der Waals surface area contributed by atoms with Crippen LogP contribution in [0, 0.1) is 0 Å². The summed E-state index contributed by atoms with van der Waals surface area (Å²) in [6, 6.07) is 10.1. The first-order valence-corrected chi connectivity index (χ1v) is 7.45. The maximum atomic E-state index is 12.6. The van der Waals surface area contributed by atoms with Gasteiger partial charge in [-0.2, -0.15) is 0 Å². The van der Waals surface area contributed by atoms with Crippen LogP contribution in [0.2, 0.25) is 0 Å². The largest absolute Gasteiger partial charge is 0.497 e. The lowest BCUT2D eigenvalue weighted by Gasteiger charge is -2.09. The second-order valence-corrected chi connectivity index (χ2v) is 5.30. The fraction of sp³-hybridized carbons (Fsp3) is 0.167. The number of nitrogen functional groups attached to an aromatic ring is 1. The summed E-state index contributed by atoms with van der Waals surface area (Å²) in [6.07, 6.45) is 1.54. The van der Waals surface area contributed by atoms with Crippen molar-refractivity contribution in [1.29, 1.82) is 0 Å². The summed E-state index contributed by atoms with van der Waals surface area (Å²) in [5.74, 6) is 1.14. The van der Waals surface area contributed by atoms with Crippen LogP contribution in [0.15, 0.2) is 41.4 Å². The Morgan fingerprint density at radius 2 is 1.67 bits per heavy atom. The molecule has 0 fully saturated rings. The highest BCUT2D eigenvalue weighted by Gasteiger charge is 2.17. The molecule has 2 N–H and O–H groups in total. The van der Waals surface area contributed by atoms with Gasteiger partial charge in [0.05, 0.1) is 37.6 Å². The molecule has 126 valence electrons. The zero-order valence-corrected chi connectivity index (χ0v) is 14.4. The van der Waals surface area contributed by atoms with E-state index in [-0.39, 0.29) is 10.8 Å². The van der Waals surface area contributed by atoms with E-state index in [1.54, 1.807) is 42.5 Å². The predicted molar refractivity (Wildman–Crippen MR) is 95.1 cm³/mol. The van der Waals surface area contributed by atoms with E-state index in [0.717, 1.165) is 0 Å². The van der Waals surface area contributed by atoms with Crippen LogP contribution in [0.1, 0.15) is 15.9 Å². The van der Waals surface area contributed by atoms with Gasteiger partial charge in [0.1, 0.15) is 17.2 Å². The Morgan fingerprint density at radius 3 is 2.25 bits per heavy atom. The van der Waals surface area contributed by atoms with E-state index >= 15 is 0 Å². The molecule has 2 rings (SSSR count). The molecule has 0 radical (unpaired) electrons. The molecule has 0 saturated carbocycles. The molecule has 0 aliphatic heterocycles.